The lowest BCUT2D eigenvalue weighted by molar-refractivity contribution is 0.355. The summed E-state index contributed by atoms with van der Waals surface area (Å²) in [5.74, 6) is 1.42. The van der Waals surface area contributed by atoms with Crippen molar-refractivity contribution in [3.05, 3.63) is 48.0 Å². The highest BCUT2D eigenvalue weighted by Crippen LogP contribution is 2.29. The number of nitrogens with two attached hydrogens (primary N) is 1. The summed E-state index contributed by atoms with van der Waals surface area (Å²) in [6.07, 6.45) is 0. The number of hydrogen-bond donors (Lipinski definition) is 3. The standard InChI is InChI=1S/C17H22N4O4S.HI/c1-19-26(22,23)14-7-4-12(5-8-14)11-20-17(18)21-13-6-9-15(24-2)16(10-13)25-3;/h4-10,19H,11H2,1-3H3,(H3,18,20,21);1H. The third-order valence-corrected chi connectivity index (χ3v) is 5.02. The average Bonchev–Trinajstić information content (AvgIpc) is 2.66. The van der Waals surface area contributed by atoms with E-state index in [1.54, 1.807) is 44.6 Å². The zero-order valence-electron chi connectivity index (χ0n) is 15.2. The van der Waals surface area contributed by atoms with Crippen molar-refractivity contribution in [1.82, 2.24) is 4.72 Å². The van der Waals surface area contributed by atoms with Crippen LogP contribution in [0.4, 0.5) is 5.69 Å². The third-order valence-electron chi connectivity index (χ3n) is 3.59. The second-order valence-electron chi connectivity index (χ2n) is 5.25. The van der Waals surface area contributed by atoms with E-state index in [1.165, 1.54) is 19.2 Å². The Kier molecular flexibility index (Phi) is 8.79. The molecule has 10 heteroatoms. The largest absolute Gasteiger partial charge is 0.493 e. The molecule has 148 valence electrons. The van der Waals surface area contributed by atoms with E-state index >= 15 is 0 Å². The molecule has 0 saturated heterocycles. The van der Waals surface area contributed by atoms with Crippen molar-refractivity contribution in [2.45, 2.75) is 11.4 Å². The van der Waals surface area contributed by atoms with Crippen molar-refractivity contribution in [2.75, 3.05) is 26.6 Å². The summed E-state index contributed by atoms with van der Waals surface area (Å²) < 4.78 is 36.1. The monoisotopic (exact) mass is 506 g/mol. The minimum absolute atomic E-state index is 0. The Morgan fingerprint density at radius 2 is 1.70 bits per heavy atom. The molecule has 0 aliphatic heterocycles. The fourth-order valence-corrected chi connectivity index (χ4v) is 2.90. The Balaban J connectivity index is 0.00000364. The highest BCUT2D eigenvalue weighted by atomic mass is 127. The van der Waals surface area contributed by atoms with Gasteiger partial charge < -0.3 is 20.5 Å². The summed E-state index contributed by atoms with van der Waals surface area (Å²) in [5, 5.41) is 2.97. The number of anilines is 1. The number of benzene rings is 2. The molecule has 27 heavy (non-hydrogen) atoms. The highest BCUT2D eigenvalue weighted by Gasteiger charge is 2.10. The average molecular weight is 506 g/mol. The van der Waals surface area contributed by atoms with Crippen LogP contribution in [0.15, 0.2) is 52.4 Å². The van der Waals surface area contributed by atoms with E-state index in [4.69, 9.17) is 15.2 Å². The number of sulfonamides is 1. The maximum absolute atomic E-state index is 11.7. The zero-order chi connectivity index (χ0) is 19.2. The van der Waals surface area contributed by atoms with Crippen molar-refractivity contribution in [3.63, 3.8) is 0 Å². The van der Waals surface area contributed by atoms with Crippen LogP contribution in [0.3, 0.4) is 0 Å². The summed E-state index contributed by atoms with van der Waals surface area (Å²) >= 11 is 0. The minimum Gasteiger partial charge on any atom is -0.493 e. The lowest BCUT2D eigenvalue weighted by Crippen LogP contribution is -2.22. The number of halogens is 1. The number of nitrogens with zero attached hydrogens (tertiary/aromatic N) is 1. The molecule has 2 aromatic rings. The first kappa shape index (κ1) is 23.0. The Morgan fingerprint density at radius 3 is 2.26 bits per heavy atom. The molecule has 8 nitrogen and oxygen atoms in total. The molecular weight excluding hydrogens is 483 g/mol. The number of guanidine groups is 1. The van der Waals surface area contributed by atoms with Gasteiger partial charge in [0.25, 0.3) is 0 Å². The van der Waals surface area contributed by atoms with Crippen LogP contribution in [0.5, 0.6) is 11.5 Å². The van der Waals surface area contributed by atoms with E-state index in [1.807, 2.05) is 0 Å². The molecule has 2 aromatic carbocycles. The number of rotatable bonds is 7. The number of methoxy groups -OCH3 is 2. The van der Waals surface area contributed by atoms with Gasteiger partial charge in [-0.1, -0.05) is 12.1 Å². The van der Waals surface area contributed by atoms with Gasteiger partial charge in [-0.25, -0.2) is 18.1 Å². The van der Waals surface area contributed by atoms with Crippen LogP contribution in [-0.2, 0) is 16.6 Å². The Hall–Kier alpha value is -2.05. The molecule has 0 saturated carbocycles. The first-order valence-electron chi connectivity index (χ1n) is 7.71. The molecule has 0 atom stereocenters. The first-order chi connectivity index (χ1) is 12.4. The van der Waals surface area contributed by atoms with E-state index in [9.17, 15) is 8.42 Å². The lowest BCUT2D eigenvalue weighted by atomic mass is 10.2. The second-order valence-corrected chi connectivity index (χ2v) is 7.13. The summed E-state index contributed by atoms with van der Waals surface area (Å²) in [4.78, 5) is 4.44. The van der Waals surface area contributed by atoms with Gasteiger partial charge in [-0.05, 0) is 36.9 Å². The van der Waals surface area contributed by atoms with Crippen molar-refractivity contribution in [2.24, 2.45) is 10.7 Å². The van der Waals surface area contributed by atoms with Gasteiger partial charge in [-0.15, -0.1) is 24.0 Å². The fraction of sp³-hybridized carbons (Fsp3) is 0.235. The Morgan fingerprint density at radius 1 is 1.07 bits per heavy atom. The van der Waals surface area contributed by atoms with Gasteiger partial charge in [0, 0.05) is 11.8 Å². The van der Waals surface area contributed by atoms with Crippen LogP contribution in [-0.4, -0.2) is 35.6 Å². The predicted molar refractivity (Wildman–Crippen MR) is 117 cm³/mol. The SMILES string of the molecule is CNS(=O)(=O)c1ccc(CN=C(N)Nc2ccc(OC)c(OC)c2)cc1.I. The highest BCUT2D eigenvalue weighted by molar-refractivity contribution is 14.0. The smallest absolute Gasteiger partial charge is 0.240 e. The zero-order valence-corrected chi connectivity index (χ0v) is 18.4. The quantitative estimate of drug-likeness (QED) is 0.301. The summed E-state index contributed by atoms with van der Waals surface area (Å²) in [6.45, 7) is 0.312. The molecule has 0 aromatic heterocycles. The van der Waals surface area contributed by atoms with Gasteiger partial charge in [-0.3, -0.25) is 0 Å². The van der Waals surface area contributed by atoms with E-state index in [0.29, 0.717) is 23.7 Å². The maximum atomic E-state index is 11.7. The molecule has 0 unspecified atom stereocenters. The maximum Gasteiger partial charge on any atom is 0.240 e. The summed E-state index contributed by atoms with van der Waals surface area (Å²) in [7, 11) is 1.04. The Bertz CT molecular complexity index is 886. The summed E-state index contributed by atoms with van der Waals surface area (Å²) in [6, 6.07) is 11.7. The molecule has 4 N–H and O–H groups in total. The van der Waals surface area contributed by atoms with Crippen molar-refractivity contribution < 1.29 is 17.9 Å². The molecule has 0 spiro atoms. The van der Waals surface area contributed by atoms with Gasteiger partial charge in [-0.2, -0.15) is 0 Å². The van der Waals surface area contributed by atoms with E-state index in [-0.39, 0.29) is 34.8 Å². The molecule has 0 aliphatic carbocycles. The third kappa shape index (κ3) is 6.26. The van der Waals surface area contributed by atoms with Crippen LogP contribution >= 0.6 is 24.0 Å². The van der Waals surface area contributed by atoms with E-state index in [0.717, 1.165) is 5.56 Å². The topological polar surface area (TPSA) is 115 Å². The predicted octanol–water partition coefficient (Wildman–Crippen LogP) is 2.16. The first-order valence-corrected chi connectivity index (χ1v) is 9.19. The normalized spacial score (nSPS) is 11.4. The van der Waals surface area contributed by atoms with Gasteiger partial charge in [0.2, 0.25) is 10.0 Å². The molecule has 0 fully saturated rings. The van der Waals surface area contributed by atoms with Crippen LogP contribution in [0, 0.1) is 0 Å². The van der Waals surface area contributed by atoms with Crippen LogP contribution in [0.2, 0.25) is 0 Å². The number of hydrogen-bond acceptors (Lipinski definition) is 5. The molecule has 0 bridgehead atoms. The van der Waals surface area contributed by atoms with Gasteiger partial charge in [0.1, 0.15) is 0 Å². The van der Waals surface area contributed by atoms with Crippen molar-refractivity contribution >= 4 is 45.6 Å². The van der Waals surface area contributed by atoms with Crippen LogP contribution < -0.4 is 25.2 Å². The summed E-state index contributed by atoms with van der Waals surface area (Å²) in [5.41, 5.74) is 7.44. The fourth-order valence-electron chi connectivity index (χ4n) is 2.17. The van der Waals surface area contributed by atoms with Crippen LogP contribution in [0.1, 0.15) is 5.56 Å². The minimum atomic E-state index is -3.44. The van der Waals surface area contributed by atoms with Crippen LogP contribution in [0.25, 0.3) is 0 Å². The van der Waals surface area contributed by atoms with Gasteiger partial charge in [0.05, 0.1) is 25.7 Å². The van der Waals surface area contributed by atoms with E-state index in [2.05, 4.69) is 15.0 Å². The lowest BCUT2D eigenvalue weighted by Gasteiger charge is -2.11. The molecule has 0 heterocycles. The van der Waals surface area contributed by atoms with Gasteiger partial charge >= 0.3 is 0 Å². The van der Waals surface area contributed by atoms with E-state index < -0.39 is 10.0 Å². The molecular formula is C17H23IN4O4S. The molecule has 0 radical (unpaired) electrons. The van der Waals surface area contributed by atoms with Gasteiger partial charge in [0.15, 0.2) is 17.5 Å². The van der Waals surface area contributed by atoms with Crippen molar-refractivity contribution in [3.8, 4) is 11.5 Å². The Labute approximate surface area is 176 Å². The van der Waals surface area contributed by atoms with Crippen molar-refractivity contribution in [1.29, 1.82) is 0 Å². The number of aliphatic imine (C=N–C) groups is 1. The number of nitrogens with one attached hydrogen (secondary N) is 2. The molecule has 0 amide bonds. The number of ether oxygens (including phenoxy) is 2. The second kappa shape index (κ2) is 10.3. The molecule has 2 rings (SSSR count). The molecule has 0 aliphatic rings.